The number of aromatic nitrogens is 1. The molecule has 1 aromatic carbocycles. The maximum Gasteiger partial charge on any atom is 0.0858 e. The first-order valence-corrected chi connectivity index (χ1v) is 7.10. The van der Waals surface area contributed by atoms with E-state index in [2.05, 4.69) is 36.4 Å². The third-order valence-electron chi connectivity index (χ3n) is 3.94. The van der Waals surface area contributed by atoms with Crippen molar-refractivity contribution in [3.05, 3.63) is 42.1 Å². The molecule has 2 unspecified atom stereocenters. The summed E-state index contributed by atoms with van der Waals surface area (Å²) in [5.74, 6) is 5.84. The van der Waals surface area contributed by atoms with Crippen LogP contribution in [0.4, 0.5) is 0 Å². The summed E-state index contributed by atoms with van der Waals surface area (Å²) < 4.78 is 5.97. The van der Waals surface area contributed by atoms with Gasteiger partial charge < -0.3 is 4.74 Å². The highest BCUT2D eigenvalue weighted by Gasteiger charge is 2.34. The van der Waals surface area contributed by atoms with Gasteiger partial charge in [0, 0.05) is 18.2 Å². The molecule has 4 heteroatoms. The van der Waals surface area contributed by atoms with Gasteiger partial charge in [-0.3, -0.25) is 16.3 Å². The van der Waals surface area contributed by atoms with Crippen LogP contribution in [0.25, 0.3) is 10.9 Å². The van der Waals surface area contributed by atoms with Crippen molar-refractivity contribution in [3.63, 3.8) is 0 Å². The molecule has 0 spiro atoms. The van der Waals surface area contributed by atoms with Gasteiger partial charge in [-0.25, -0.2) is 0 Å². The lowest BCUT2D eigenvalue weighted by molar-refractivity contribution is -0.0560. The Labute approximate surface area is 120 Å². The predicted octanol–water partition coefficient (Wildman–Crippen LogP) is 2.94. The lowest BCUT2D eigenvalue weighted by Gasteiger charge is -2.37. The van der Waals surface area contributed by atoms with Crippen LogP contribution < -0.4 is 11.3 Å². The van der Waals surface area contributed by atoms with Crippen LogP contribution in [0.15, 0.2) is 36.5 Å². The molecule has 3 N–H and O–H groups in total. The second kappa shape index (κ2) is 6.31. The number of nitrogens with zero attached hydrogens (tertiary/aromatic N) is 1. The zero-order valence-corrected chi connectivity index (χ0v) is 12.4. The van der Waals surface area contributed by atoms with E-state index in [9.17, 15) is 0 Å². The molecule has 108 valence electrons. The zero-order valence-electron chi connectivity index (χ0n) is 12.4. The molecule has 1 aromatic heterocycles. The van der Waals surface area contributed by atoms with E-state index in [4.69, 9.17) is 10.6 Å². The van der Waals surface area contributed by atoms with Gasteiger partial charge in [0.1, 0.15) is 0 Å². The standard InChI is InChI=1S/C16H23N3O/c1-4-16(3,20-5-2)15(19-17)13-8-6-10-14-12(13)9-7-11-18-14/h6-11,15,19H,4-5,17H2,1-3H3. The normalized spacial score (nSPS) is 16.0. The molecule has 0 bridgehead atoms. The number of nitrogens with one attached hydrogen (secondary N) is 1. The molecule has 1 heterocycles. The third-order valence-corrected chi connectivity index (χ3v) is 3.94. The van der Waals surface area contributed by atoms with Crippen LogP contribution in [0.2, 0.25) is 0 Å². The molecular weight excluding hydrogens is 250 g/mol. The maximum atomic E-state index is 5.97. The second-order valence-electron chi connectivity index (χ2n) is 5.12. The van der Waals surface area contributed by atoms with Crippen molar-refractivity contribution < 1.29 is 4.74 Å². The molecular formula is C16H23N3O. The van der Waals surface area contributed by atoms with Crippen molar-refractivity contribution in [2.75, 3.05) is 6.61 Å². The molecule has 0 aliphatic rings. The van der Waals surface area contributed by atoms with E-state index in [1.54, 1.807) is 6.20 Å². The van der Waals surface area contributed by atoms with E-state index in [0.29, 0.717) is 6.61 Å². The largest absolute Gasteiger partial charge is 0.374 e. The fourth-order valence-electron chi connectivity index (χ4n) is 2.69. The number of hydrogen-bond acceptors (Lipinski definition) is 4. The summed E-state index contributed by atoms with van der Waals surface area (Å²) in [5, 5.41) is 1.11. The number of benzene rings is 1. The Bertz CT molecular complexity index is 567. The minimum atomic E-state index is -0.354. The molecule has 2 atom stereocenters. The van der Waals surface area contributed by atoms with Crippen LogP contribution >= 0.6 is 0 Å². The van der Waals surface area contributed by atoms with Gasteiger partial charge in [0.15, 0.2) is 0 Å². The topological polar surface area (TPSA) is 60.2 Å². The Balaban J connectivity index is 2.54. The number of nitrogens with two attached hydrogens (primary N) is 1. The van der Waals surface area contributed by atoms with Crippen molar-refractivity contribution in [1.82, 2.24) is 10.4 Å². The van der Waals surface area contributed by atoms with Gasteiger partial charge in [0.2, 0.25) is 0 Å². The first-order chi connectivity index (χ1) is 9.66. The minimum Gasteiger partial charge on any atom is -0.374 e. The smallest absolute Gasteiger partial charge is 0.0858 e. The predicted molar refractivity (Wildman–Crippen MR) is 82.1 cm³/mol. The molecule has 2 aromatic rings. The molecule has 0 saturated carbocycles. The zero-order chi connectivity index (χ0) is 14.6. The quantitative estimate of drug-likeness (QED) is 0.627. The number of hydrazine groups is 1. The lowest BCUT2D eigenvalue weighted by atomic mass is 9.86. The number of rotatable bonds is 6. The summed E-state index contributed by atoms with van der Waals surface area (Å²) in [6.45, 7) is 6.87. The van der Waals surface area contributed by atoms with Gasteiger partial charge in [0.25, 0.3) is 0 Å². The summed E-state index contributed by atoms with van der Waals surface area (Å²) in [7, 11) is 0. The van der Waals surface area contributed by atoms with Crippen LogP contribution in [-0.2, 0) is 4.74 Å². The van der Waals surface area contributed by atoms with Crippen LogP contribution in [0.3, 0.4) is 0 Å². The van der Waals surface area contributed by atoms with E-state index < -0.39 is 0 Å². The van der Waals surface area contributed by atoms with Gasteiger partial charge in [-0.15, -0.1) is 0 Å². The Morgan fingerprint density at radius 2 is 2.10 bits per heavy atom. The van der Waals surface area contributed by atoms with Gasteiger partial charge in [-0.05, 0) is 38.0 Å². The molecule has 2 rings (SSSR count). The van der Waals surface area contributed by atoms with Crippen LogP contribution in [0, 0.1) is 0 Å². The molecule has 0 aliphatic carbocycles. The summed E-state index contributed by atoms with van der Waals surface area (Å²) in [4.78, 5) is 4.40. The molecule has 4 nitrogen and oxygen atoms in total. The van der Waals surface area contributed by atoms with Gasteiger partial charge in [-0.1, -0.05) is 25.1 Å². The van der Waals surface area contributed by atoms with Crippen molar-refractivity contribution in [2.45, 2.75) is 38.8 Å². The highest BCUT2D eigenvalue weighted by molar-refractivity contribution is 5.82. The Kier molecular flexibility index (Phi) is 4.70. The number of ether oxygens (including phenoxy) is 1. The Morgan fingerprint density at radius 3 is 2.75 bits per heavy atom. The Morgan fingerprint density at radius 1 is 1.30 bits per heavy atom. The van der Waals surface area contributed by atoms with E-state index in [1.165, 1.54) is 0 Å². The maximum absolute atomic E-state index is 5.97. The van der Waals surface area contributed by atoms with Gasteiger partial charge in [0.05, 0.1) is 17.2 Å². The average molecular weight is 273 g/mol. The van der Waals surface area contributed by atoms with Crippen LogP contribution in [0.5, 0.6) is 0 Å². The molecule has 0 aliphatic heterocycles. The first kappa shape index (κ1) is 14.9. The number of fused-ring (bicyclic) bond motifs is 1. The van der Waals surface area contributed by atoms with Crippen molar-refractivity contribution in [1.29, 1.82) is 0 Å². The SMILES string of the molecule is CCOC(C)(CC)C(NN)c1cccc2ncccc12. The highest BCUT2D eigenvalue weighted by Crippen LogP contribution is 2.34. The fourth-order valence-corrected chi connectivity index (χ4v) is 2.69. The van der Waals surface area contributed by atoms with Crippen LogP contribution in [0.1, 0.15) is 38.8 Å². The molecule has 0 radical (unpaired) electrons. The number of pyridine rings is 1. The highest BCUT2D eigenvalue weighted by atomic mass is 16.5. The Hall–Kier alpha value is -1.49. The van der Waals surface area contributed by atoms with E-state index in [-0.39, 0.29) is 11.6 Å². The summed E-state index contributed by atoms with van der Waals surface area (Å²) in [6, 6.07) is 10.0. The summed E-state index contributed by atoms with van der Waals surface area (Å²) >= 11 is 0. The molecule has 20 heavy (non-hydrogen) atoms. The minimum absolute atomic E-state index is 0.0830. The molecule has 0 amide bonds. The van der Waals surface area contributed by atoms with Crippen LogP contribution in [-0.4, -0.2) is 17.2 Å². The van der Waals surface area contributed by atoms with Crippen molar-refractivity contribution in [3.8, 4) is 0 Å². The summed E-state index contributed by atoms with van der Waals surface area (Å²) in [5.41, 5.74) is 4.67. The van der Waals surface area contributed by atoms with Crippen molar-refractivity contribution >= 4 is 10.9 Å². The second-order valence-corrected chi connectivity index (χ2v) is 5.12. The third kappa shape index (κ3) is 2.68. The molecule has 0 saturated heterocycles. The number of hydrogen-bond donors (Lipinski definition) is 2. The van der Waals surface area contributed by atoms with Crippen molar-refractivity contribution in [2.24, 2.45) is 5.84 Å². The fraction of sp³-hybridized carbons (Fsp3) is 0.438. The molecule has 0 fully saturated rings. The first-order valence-electron chi connectivity index (χ1n) is 7.10. The van der Waals surface area contributed by atoms with Gasteiger partial charge in [-0.2, -0.15) is 0 Å². The van der Waals surface area contributed by atoms with E-state index >= 15 is 0 Å². The monoisotopic (exact) mass is 273 g/mol. The van der Waals surface area contributed by atoms with E-state index in [1.807, 2.05) is 25.1 Å². The lowest BCUT2D eigenvalue weighted by Crippen LogP contribution is -2.46. The average Bonchev–Trinajstić information content (AvgIpc) is 2.48. The van der Waals surface area contributed by atoms with Gasteiger partial charge >= 0.3 is 0 Å². The summed E-state index contributed by atoms with van der Waals surface area (Å²) in [6.07, 6.45) is 2.67. The van der Waals surface area contributed by atoms with E-state index in [0.717, 1.165) is 22.9 Å².